The number of carbonyl (C=O) groups excluding carboxylic acids is 4. The molecule has 0 rings (SSSR count). The van der Waals surface area contributed by atoms with Gasteiger partial charge in [0.25, 0.3) is 0 Å². The Kier molecular flexibility index (Phi) is 49.9. The fraction of sp³-hybridized carbons (Fsp3) is 0.930. The summed E-state index contributed by atoms with van der Waals surface area (Å²) in [5, 5.41) is 10.4. The highest BCUT2D eigenvalue weighted by Crippen LogP contribution is 2.45. The Hall–Kier alpha value is -1.94. The Morgan fingerprint density at radius 1 is 0.355 bits per heavy atom. The maximum atomic E-state index is 12.9. The zero-order chi connectivity index (χ0) is 56.4. The average molecular weight is 1130 g/mol. The third-order valence-corrected chi connectivity index (χ3v) is 14.9. The molecule has 3 N–H and O–H groups in total. The number of ether oxygens (including phenoxy) is 4. The highest BCUT2D eigenvalue weighted by molar-refractivity contribution is 7.47. The summed E-state index contributed by atoms with van der Waals surface area (Å²) < 4.78 is 67.3. The minimum absolute atomic E-state index is 0.0988. The lowest BCUT2D eigenvalue weighted by molar-refractivity contribution is -0.161. The normalized spacial score (nSPS) is 14.4. The predicted octanol–water partition coefficient (Wildman–Crippen LogP) is 15.1. The lowest BCUT2D eigenvalue weighted by Crippen LogP contribution is -2.30. The Bertz CT molecular complexity index is 1500. The first-order valence-corrected chi connectivity index (χ1v) is 33.1. The Balaban J connectivity index is 5.11. The summed E-state index contributed by atoms with van der Waals surface area (Å²) in [6.45, 7) is 6.96. The van der Waals surface area contributed by atoms with Gasteiger partial charge < -0.3 is 33.8 Å². The average Bonchev–Trinajstić information content (AvgIpc) is 3.38. The summed E-state index contributed by atoms with van der Waals surface area (Å²) >= 11 is 0. The molecule has 450 valence electrons. The van der Waals surface area contributed by atoms with E-state index in [1.165, 1.54) is 96.3 Å². The minimum atomic E-state index is -4.93. The Morgan fingerprint density at radius 2 is 0.605 bits per heavy atom. The fourth-order valence-electron chi connectivity index (χ4n) is 8.34. The molecule has 2 unspecified atom stereocenters. The highest BCUT2D eigenvalue weighted by atomic mass is 31.2. The predicted molar refractivity (Wildman–Crippen MR) is 298 cm³/mol. The molecule has 17 nitrogen and oxygen atoms in total. The number of aliphatic hydroxyl groups excluding tert-OH is 1. The van der Waals surface area contributed by atoms with Crippen molar-refractivity contribution in [2.45, 2.75) is 297 Å². The number of hydrogen-bond donors (Lipinski definition) is 3. The van der Waals surface area contributed by atoms with Crippen molar-refractivity contribution in [3.63, 3.8) is 0 Å². The van der Waals surface area contributed by atoms with Crippen molar-refractivity contribution in [1.82, 2.24) is 0 Å². The monoisotopic (exact) mass is 1130 g/mol. The van der Waals surface area contributed by atoms with Crippen molar-refractivity contribution in [2.24, 2.45) is 5.92 Å². The lowest BCUT2D eigenvalue weighted by atomic mass is 10.0. The van der Waals surface area contributed by atoms with E-state index in [4.69, 9.17) is 37.0 Å². The van der Waals surface area contributed by atoms with Crippen LogP contribution in [0.4, 0.5) is 0 Å². The molecule has 0 spiro atoms. The zero-order valence-corrected chi connectivity index (χ0v) is 50.2. The van der Waals surface area contributed by atoms with E-state index < -0.39 is 97.5 Å². The Morgan fingerprint density at radius 3 is 0.895 bits per heavy atom. The second-order valence-electron chi connectivity index (χ2n) is 21.2. The molecule has 0 aliphatic rings. The van der Waals surface area contributed by atoms with E-state index in [0.717, 1.165) is 102 Å². The molecule has 19 heteroatoms. The summed E-state index contributed by atoms with van der Waals surface area (Å²) in [4.78, 5) is 71.3. The molecule has 0 aromatic rings. The van der Waals surface area contributed by atoms with Crippen LogP contribution in [0.2, 0.25) is 0 Å². The summed E-state index contributed by atoms with van der Waals surface area (Å²) in [5.74, 6) is -1.38. The third kappa shape index (κ3) is 51.5. The minimum Gasteiger partial charge on any atom is -0.462 e. The summed E-state index contributed by atoms with van der Waals surface area (Å²) in [5.41, 5.74) is 0. The van der Waals surface area contributed by atoms with Crippen molar-refractivity contribution in [3.05, 3.63) is 0 Å². The van der Waals surface area contributed by atoms with Crippen LogP contribution in [-0.2, 0) is 65.4 Å². The van der Waals surface area contributed by atoms with E-state index in [-0.39, 0.29) is 25.7 Å². The maximum absolute atomic E-state index is 12.9. The van der Waals surface area contributed by atoms with Gasteiger partial charge in [-0.1, -0.05) is 227 Å². The first-order valence-electron chi connectivity index (χ1n) is 30.1. The molecule has 0 fully saturated rings. The molecule has 0 bridgehead atoms. The van der Waals surface area contributed by atoms with Gasteiger partial charge in [0, 0.05) is 25.7 Å². The van der Waals surface area contributed by atoms with Gasteiger partial charge in [-0.2, -0.15) is 0 Å². The van der Waals surface area contributed by atoms with Crippen LogP contribution in [0.25, 0.3) is 0 Å². The smallest absolute Gasteiger partial charge is 0.462 e. The van der Waals surface area contributed by atoms with Gasteiger partial charge in [-0.05, 0) is 31.6 Å². The van der Waals surface area contributed by atoms with E-state index in [9.17, 15) is 43.2 Å². The summed E-state index contributed by atoms with van der Waals surface area (Å²) in [7, 11) is -9.85. The second kappa shape index (κ2) is 51.2. The largest absolute Gasteiger partial charge is 0.472 e. The van der Waals surface area contributed by atoms with Crippen LogP contribution in [0.3, 0.4) is 0 Å². The van der Waals surface area contributed by atoms with Gasteiger partial charge in [0.2, 0.25) is 0 Å². The number of aliphatic hydroxyl groups is 1. The van der Waals surface area contributed by atoms with Crippen LogP contribution >= 0.6 is 15.6 Å². The quantitative estimate of drug-likeness (QED) is 0.0222. The van der Waals surface area contributed by atoms with Gasteiger partial charge >= 0.3 is 39.5 Å². The van der Waals surface area contributed by atoms with Crippen molar-refractivity contribution in [3.8, 4) is 0 Å². The van der Waals surface area contributed by atoms with Crippen LogP contribution in [0.5, 0.6) is 0 Å². The first-order chi connectivity index (χ1) is 36.5. The van der Waals surface area contributed by atoms with Gasteiger partial charge in [0.1, 0.15) is 19.3 Å². The second-order valence-corrected chi connectivity index (χ2v) is 24.1. The lowest BCUT2D eigenvalue weighted by Gasteiger charge is -2.21. The molecular formula is C57H110O17P2. The topological polar surface area (TPSA) is 237 Å². The number of hydrogen-bond acceptors (Lipinski definition) is 15. The number of rotatable bonds is 57. The zero-order valence-electron chi connectivity index (χ0n) is 48.4. The van der Waals surface area contributed by atoms with Crippen LogP contribution in [-0.4, -0.2) is 96.7 Å². The maximum Gasteiger partial charge on any atom is 0.472 e. The molecule has 0 aliphatic carbocycles. The Labute approximate surface area is 460 Å². The number of phosphoric acid groups is 2. The molecule has 5 atom stereocenters. The van der Waals surface area contributed by atoms with Crippen LogP contribution in [0.15, 0.2) is 0 Å². The molecular weight excluding hydrogens is 1020 g/mol. The third-order valence-electron chi connectivity index (χ3n) is 13.0. The van der Waals surface area contributed by atoms with E-state index in [0.29, 0.717) is 25.7 Å². The number of esters is 4. The van der Waals surface area contributed by atoms with Gasteiger partial charge in [0.15, 0.2) is 12.2 Å². The van der Waals surface area contributed by atoms with Gasteiger partial charge in [0.05, 0.1) is 26.4 Å². The van der Waals surface area contributed by atoms with E-state index in [1.54, 1.807) is 0 Å². The van der Waals surface area contributed by atoms with Crippen molar-refractivity contribution >= 4 is 39.5 Å². The summed E-state index contributed by atoms with van der Waals surface area (Å²) in [6, 6.07) is 0. The molecule has 76 heavy (non-hydrogen) atoms. The van der Waals surface area contributed by atoms with Crippen LogP contribution < -0.4 is 0 Å². The summed E-state index contributed by atoms with van der Waals surface area (Å²) in [6.07, 6.45) is 32.8. The molecule has 0 heterocycles. The van der Waals surface area contributed by atoms with E-state index >= 15 is 0 Å². The number of unbranched alkanes of at least 4 members (excludes halogenated alkanes) is 29. The van der Waals surface area contributed by atoms with Gasteiger partial charge in [-0.15, -0.1) is 0 Å². The molecule has 0 saturated heterocycles. The number of phosphoric ester groups is 2. The number of carbonyl (C=O) groups is 4. The molecule has 0 radical (unpaired) electrons. The van der Waals surface area contributed by atoms with Gasteiger partial charge in [-0.25, -0.2) is 9.13 Å². The standard InChI is InChI=1S/C57H110O17P2/c1-6-9-12-15-16-17-24-27-32-36-41-55(60)68-47-53(74-57(62)43-38-33-28-25-22-20-18-19-21-23-26-31-34-39-50(4)5)49-72-76(65,66)70-45-51(58)44-69-75(63,64)71-48-52(73-56(61)42-37-30-14-11-8-3)46-67-54(59)40-35-29-13-10-7-2/h50-53,58H,6-49H2,1-5H3,(H,63,64)(H,65,66)/t51-,52+,53+/m0/s1. The molecule has 0 aromatic heterocycles. The highest BCUT2D eigenvalue weighted by Gasteiger charge is 2.30. The fourth-order valence-corrected chi connectivity index (χ4v) is 9.92. The SMILES string of the molecule is CCCCCCCCCCCCC(=O)OC[C@H](COP(=O)(O)OC[C@@H](O)COP(=O)(O)OC[C@@H](COC(=O)CCCCCCC)OC(=O)CCCCCCC)OC(=O)CCCCCCCCCCCCCCCC(C)C. The molecule has 0 aromatic carbocycles. The van der Waals surface area contributed by atoms with E-state index in [2.05, 4.69) is 34.6 Å². The van der Waals surface area contributed by atoms with Crippen LogP contribution in [0.1, 0.15) is 279 Å². The van der Waals surface area contributed by atoms with E-state index in [1.807, 2.05) is 0 Å². The molecule has 0 saturated carbocycles. The first kappa shape index (κ1) is 74.1. The van der Waals surface area contributed by atoms with Crippen molar-refractivity contribution < 1.29 is 80.2 Å². The molecule has 0 aliphatic heterocycles. The van der Waals surface area contributed by atoms with Gasteiger partial charge in [-0.3, -0.25) is 37.3 Å². The molecule has 0 amide bonds. The van der Waals surface area contributed by atoms with Crippen molar-refractivity contribution in [1.29, 1.82) is 0 Å². The van der Waals surface area contributed by atoms with Crippen LogP contribution in [0, 0.1) is 5.92 Å². The van der Waals surface area contributed by atoms with Crippen molar-refractivity contribution in [2.75, 3.05) is 39.6 Å².